The molecule has 29 heavy (non-hydrogen) atoms. The average Bonchev–Trinajstić information content (AvgIpc) is 3.12. The Kier molecular flexibility index (Phi) is 5.19. The smallest absolute Gasteiger partial charge is 0.131 e. The Morgan fingerprint density at radius 3 is 2.45 bits per heavy atom. The van der Waals surface area contributed by atoms with Gasteiger partial charge in [0.15, 0.2) is 0 Å². The van der Waals surface area contributed by atoms with Crippen LogP contribution >= 0.6 is 0 Å². The van der Waals surface area contributed by atoms with Crippen molar-refractivity contribution < 1.29 is 8.78 Å². The lowest BCUT2D eigenvalue weighted by atomic mass is 9.82. The summed E-state index contributed by atoms with van der Waals surface area (Å²) in [4.78, 5) is 2.26. The summed E-state index contributed by atoms with van der Waals surface area (Å²) in [6, 6.07) is 6.71. The second kappa shape index (κ2) is 7.52. The molecule has 2 aromatic carbocycles. The first-order valence-corrected chi connectivity index (χ1v) is 10.5. The zero-order chi connectivity index (χ0) is 20.9. The van der Waals surface area contributed by atoms with Crippen LogP contribution in [0.4, 0.5) is 8.78 Å². The van der Waals surface area contributed by atoms with E-state index in [0.717, 1.165) is 35.0 Å². The number of benzene rings is 2. The van der Waals surface area contributed by atoms with Crippen LogP contribution in [0.3, 0.4) is 0 Å². The summed E-state index contributed by atoms with van der Waals surface area (Å²) in [5.41, 5.74) is 3.93. The van der Waals surface area contributed by atoms with Crippen LogP contribution in [0.15, 0.2) is 30.5 Å². The van der Waals surface area contributed by atoms with Crippen molar-refractivity contribution in [2.45, 2.75) is 59.0 Å². The Bertz CT molecular complexity index is 1010. The van der Waals surface area contributed by atoms with Gasteiger partial charge in [-0.15, -0.1) is 0 Å². The summed E-state index contributed by atoms with van der Waals surface area (Å²) >= 11 is 0. The normalized spacial score (nSPS) is 20.0. The van der Waals surface area contributed by atoms with Crippen LogP contribution in [0, 0.1) is 17.6 Å². The third-order valence-electron chi connectivity index (χ3n) is 6.08. The van der Waals surface area contributed by atoms with Gasteiger partial charge >= 0.3 is 0 Å². The van der Waals surface area contributed by atoms with Crippen LogP contribution in [0.1, 0.15) is 68.8 Å². The van der Waals surface area contributed by atoms with Crippen molar-refractivity contribution in [3.63, 3.8) is 0 Å². The predicted octanol–water partition coefficient (Wildman–Crippen LogP) is 5.96. The fourth-order valence-corrected chi connectivity index (χ4v) is 4.65. The number of hydrogen-bond acceptors (Lipinski definition) is 2. The molecule has 0 spiro atoms. The summed E-state index contributed by atoms with van der Waals surface area (Å²) in [7, 11) is 0. The first kappa shape index (κ1) is 20.0. The van der Waals surface area contributed by atoms with E-state index in [4.69, 9.17) is 0 Å². The number of rotatable bonds is 4. The van der Waals surface area contributed by atoms with E-state index < -0.39 is 17.7 Å². The Balaban J connectivity index is 1.95. The molecule has 0 amide bonds. The van der Waals surface area contributed by atoms with E-state index in [0.29, 0.717) is 11.5 Å². The molecule has 1 aliphatic rings. The first-order chi connectivity index (χ1) is 13.8. The number of halogens is 2. The lowest BCUT2D eigenvalue weighted by molar-refractivity contribution is 0.128. The quantitative estimate of drug-likeness (QED) is 0.589. The van der Waals surface area contributed by atoms with E-state index in [-0.39, 0.29) is 17.5 Å². The van der Waals surface area contributed by atoms with Gasteiger partial charge in [-0.2, -0.15) is 5.10 Å². The highest BCUT2D eigenvalue weighted by Crippen LogP contribution is 2.42. The predicted molar refractivity (Wildman–Crippen MR) is 113 cm³/mol. The Morgan fingerprint density at radius 1 is 1.14 bits per heavy atom. The van der Waals surface area contributed by atoms with Crippen molar-refractivity contribution in [2.24, 2.45) is 5.92 Å². The van der Waals surface area contributed by atoms with Gasteiger partial charge in [0.25, 0.3) is 0 Å². The van der Waals surface area contributed by atoms with Crippen LogP contribution in [0.25, 0.3) is 10.9 Å². The number of fused-ring (bicyclic) bond motifs is 3. The van der Waals surface area contributed by atoms with Crippen molar-refractivity contribution >= 4 is 10.9 Å². The highest BCUT2D eigenvalue weighted by Gasteiger charge is 2.37. The van der Waals surface area contributed by atoms with Crippen LogP contribution in [0.5, 0.6) is 0 Å². The molecule has 5 heteroatoms. The van der Waals surface area contributed by atoms with Gasteiger partial charge in [0.05, 0.1) is 17.8 Å². The minimum absolute atomic E-state index is 0.0722. The molecule has 0 bridgehead atoms. The third kappa shape index (κ3) is 3.46. The maximum absolute atomic E-state index is 15.4. The molecule has 1 aliphatic heterocycles. The van der Waals surface area contributed by atoms with Crippen molar-refractivity contribution in [3.05, 3.63) is 64.4 Å². The molecular formula is C24H29F2N3. The van der Waals surface area contributed by atoms with Crippen molar-refractivity contribution in [1.82, 2.24) is 15.1 Å². The van der Waals surface area contributed by atoms with Gasteiger partial charge in [0, 0.05) is 23.5 Å². The van der Waals surface area contributed by atoms with Crippen LogP contribution in [-0.4, -0.2) is 27.7 Å². The maximum atomic E-state index is 15.4. The number of nitrogens with one attached hydrogen (secondary N) is 1. The van der Waals surface area contributed by atoms with Crippen molar-refractivity contribution in [3.8, 4) is 0 Å². The minimum atomic E-state index is -0.459. The van der Waals surface area contributed by atoms with Gasteiger partial charge < -0.3 is 0 Å². The van der Waals surface area contributed by atoms with Gasteiger partial charge in [-0.3, -0.25) is 10.00 Å². The molecule has 0 saturated carbocycles. The van der Waals surface area contributed by atoms with Crippen LogP contribution < -0.4 is 0 Å². The second-order valence-corrected chi connectivity index (χ2v) is 9.06. The molecule has 154 valence electrons. The number of H-pyrrole nitrogens is 1. The number of aromatic nitrogens is 2. The lowest BCUT2D eigenvalue weighted by Crippen LogP contribution is -2.45. The summed E-state index contributed by atoms with van der Waals surface area (Å²) in [5.74, 6) is -0.456. The molecule has 0 radical (unpaired) electrons. The summed E-state index contributed by atoms with van der Waals surface area (Å²) in [6.45, 7) is 11.1. The third-order valence-corrected chi connectivity index (χ3v) is 6.08. The van der Waals surface area contributed by atoms with Crippen LogP contribution in [0.2, 0.25) is 0 Å². The Morgan fingerprint density at radius 2 is 1.83 bits per heavy atom. The molecule has 0 aliphatic carbocycles. The van der Waals surface area contributed by atoms with E-state index in [1.165, 1.54) is 12.1 Å². The molecule has 0 saturated heterocycles. The number of hydrogen-bond donors (Lipinski definition) is 1. The van der Waals surface area contributed by atoms with E-state index in [2.05, 4.69) is 35.9 Å². The topological polar surface area (TPSA) is 31.9 Å². The van der Waals surface area contributed by atoms with E-state index in [1.54, 1.807) is 0 Å². The monoisotopic (exact) mass is 397 g/mol. The lowest BCUT2D eigenvalue weighted by Gasteiger charge is -2.43. The molecular weight excluding hydrogens is 368 g/mol. The molecule has 0 unspecified atom stereocenters. The van der Waals surface area contributed by atoms with Gasteiger partial charge in [0.1, 0.15) is 11.6 Å². The summed E-state index contributed by atoms with van der Waals surface area (Å²) in [5, 5.41) is 8.24. The van der Waals surface area contributed by atoms with E-state index in [1.807, 2.05) is 32.2 Å². The van der Waals surface area contributed by atoms with E-state index >= 15 is 8.78 Å². The second-order valence-electron chi connectivity index (χ2n) is 9.06. The first-order valence-electron chi connectivity index (χ1n) is 10.5. The average molecular weight is 398 g/mol. The molecule has 2 heterocycles. The fraction of sp³-hybridized carbons (Fsp3) is 0.458. The standard InChI is InChI=1S/C24H29F2N3/c1-13(2)12-29-15(5)8-18-17(6-7-22-19(18)11-27-28-22)24(29)23-20(25)9-16(14(3)4)10-21(23)26/h6-7,9-11,13-15,24H,8,12H2,1-5H3,(H,27,28)/t15-,24+/m1/s1. The highest BCUT2D eigenvalue weighted by molar-refractivity contribution is 5.83. The Hall–Kier alpha value is -2.27. The van der Waals surface area contributed by atoms with Gasteiger partial charge in [0.2, 0.25) is 0 Å². The fourth-order valence-electron chi connectivity index (χ4n) is 4.65. The van der Waals surface area contributed by atoms with E-state index in [9.17, 15) is 0 Å². The molecule has 4 rings (SSSR count). The molecule has 1 N–H and O–H groups in total. The van der Waals surface area contributed by atoms with Gasteiger partial charge in [-0.25, -0.2) is 8.78 Å². The maximum Gasteiger partial charge on any atom is 0.131 e. The number of nitrogens with zero attached hydrogens (tertiary/aromatic N) is 2. The van der Waals surface area contributed by atoms with Gasteiger partial charge in [-0.1, -0.05) is 33.8 Å². The SMILES string of the molecule is CC(C)CN1[C@H](c2c(F)cc(C(C)C)cc2F)c2ccc3[nH]ncc3c2C[C@H]1C. The summed E-state index contributed by atoms with van der Waals surface area (Å²) < 4.78 is 30.7. The van der Waals surface area contributed by atoms with Gasteiger partial charge in [-0.05, 0) is 60.1 Å². The van der Waals surface area contributed by atoms with Crippen LogP contribution in [-0.2, 0) is 6.42 Å². The molecule has 3 nitrogen and oxygen atoms in total. The number of aromatic amines is 1. The highest BCUT2D eigenvalue weighted by atomic mass is 19.1. The largest absolute Gasteiger partial charge is 0.289 e. The summed E-state index contributed by atoms with van der Waals surface area (Å²) in [6.07, 6.45) is 2.66. The Labute approximate surface area is 171 Å². The van der Waals surface area contributed by atoms with Crippen molar-refractivity contribution in [1.29, 1.82) is 0 Å². The zero-order valence-electron chi connectivity index (χ0n) is 17.8. The minimum Gasteiger partial charge on any atom is -0.289 e. The molecule has 3 aromatic rings. The molecule has 0 fully saturated rings. The molecule has 2 atom stereocenters. The zero-order valence-corrected chi connectivity index (χ0v) is 17.8. The van der Waals surface area contributed by atoms with Crippen molar-refractivity contribution in [2.75, 3.05) is 6.54 Å². The molecule has 1 aromatic heterocycles.